The van der Waals surface area contributed by atoms with Crippen molar-refractivity contribution < 1.29 is 33.9 Å². The molecule has 13 heteroatoms. The van der Waals surface area contributed by atoms with Crippen LogP contribution in [-0.4, -0.2) is 72.3 Å². The second-order valence-electron chi connectivity index (χ2n) is 10.1. The third-order valence-electron chi connectivity index (χ3n) is 6.57. The zero-order valence-corrected chi connectivity index (χ0v) is 28.4. The van der Waals surface area contributed by atoms with E-state index in [0.29, 0.717) is 31.7 Å². The lowest BCUT2D eigenvalue weighted by molar-refractivity contribution is -0.137. The quantitative estimate of drug-likeness (QED) is 0.101. The Labute approximate surface area is 274 Å². The Morgan fingerprint density at radius 1 is 0.935 bits per heavy atom. The SMILES string of the molecule is CC.CC.CC1(C(=O)NCCCCCN2C(=O)C=CC2=O)CCC1.CCCNC(N)=O.O=CNCC(=O)Nc1ccc(CO)cc1. The molecule has 46 heavy (non-hydrogen) atoms. The van der Waals surface area contributed by atoms with E-state index < -0.39 is 6.03 Å². The van der Waals surface area contributed by atoms with Crippen LogP contribution in [-0.2, 0) is 30.6 Å². The van der Waals surface area contributed by atoms with Crippen LogP contribution in [0.5, 0.6) is 0 Å². The summed E-state index contributed by atoms with van der Waals surface area (Å²) in [4.78, 5) is 66.7. The summed E-state index contributed by atoms with van der Waals surface area (Å²) < 4.78 is 0. The number of urea groups is 1. The van der Waals surface area contributed by atoms with Crippen molar-refractivity contribution in [3.63, 3.8) is 0 Å². The summed E-state index contributed by atoms with van der Waals surface area (Å²) in [7, 11) is 0. The largest absolute Gasteiger partial charge is 0.392 e. The van der Waals surface area contributed by atoms with Crippen LogP contribution in [0.2, 0.25) is 0 Å². The van der Waals surface area contributed by atoms with Gasteiger partial charge in [-0.05, 0) is 56.2 Å². The number of aliphatic hydroxyl groups excluding tert-OH is 1. The predicted molar refractivity (Wildman–Crippen MR) is 180 cm³/mol. The lowest BCUT2D eigenvalue weighted by Crippen LogP contribution is -2.43. The number of hydrogen-bond acceptors (Lipinski definition) is 7. The van der Waals surface area contributed by atoms with Crippen molar-refractivity contribution in [3.8, 4) is 0 Å². The zero-order chi connectivity index (χ0) is 35.4. The van der Waals surface area contributed by atoms with E-state index >= 15 is 0 Å². The number of rotatable bonds is 14. The lowest BCUT2D eigenvalue weighted by atomic mass is 9.70. The summed E-state index contributed by atoms with van der Waals surface area (Å²) in [5.41, 5.74) is 6.00. The van der Waals surface area contributed by atoms with Gasteiger partial charge in [0.15, 0.2) is 0 Å². The van der Waals surface area contributed by atoms with Gasteiger partial charge in [-0.25, -0.2) is 4.79 Å². The van der Waals surface area contributed by atoms with Gasteiger partial charge in [0, 0.05) is 42.9 Å². The number of primary amides is 1. The topological polar surface area (TPSA) is 200 Å². The number of nitrogens with two attached hydrogens (primary N) is 1. The normalized spacial score (nSPS) is 13.3. The van der Waals surface area contributed by atoms with E-state index in [-0.39, 0.29) is 42.2 Å². The molecule has 1 aromatic carbocycles. The first kappa shape index (κ1) is 43.9. The van der Waals surface area contributed by atoms with Gasteiger partial charge in [-0.3, -0.25) is 28.9 Å². The molecule has 0 unspecified atom stereocenters. The average Bonchev–Trinajstić information content (AvgIpc) is 3.38. The molecule has 0 aromatic heterocycles. The number of anilines is 1. The predicted octanol–water partition coefficient (Wildman–Crippen LogP) is 3.37. The van der Waals surface area contributed by atoms with E-state index in [2.05, 4.69) is 21.3 Å². The van der Waals surface area contributed by atoms with Crippen molar-refractivity contribution in [2.45, 2.75) is 93.1 Å². The van der Waals surface area contributed by atoms with E-state index in [0.717, 1.165) is 50.5 Å². The molecular formula is C33H56N6O7. The van der Waals surface area contributed by atoms with Crippen LogP contribution in [0.15, 0.2) is 36.4 Å². The molecule has 7 amide bonds. The van der Waals surface area contributed by atoms with E-state index in [1.807, 2.05) is 41.5 Å². The number of imide groups is 1. The standard InChI is InChI=1S/C15H22N2O3.C10H12N2O3.C4H10N2O.2C2H6/c1-15(8-5-9-15)14(20)16-10-3-2-4-11-17-12(18)6-7-13(17)19;13-6-8-1-3-9(4-2-8)12-10(15)5-11-7-14;1-2-3-6-4(5)7;2*1-2/h6-7H,2-5,8-11H2,1H3,(H,16,20);1-4,7,13H,5-6H2,(H,11,14)(H,12,15);2-3H2,1H3,(H3,5,6,7);2*1-2H3. The molecule has 260 valence electrons. The fraction of sp³-hybridized carbons (Fsp3) is 0.576. The maximum Gasteiger partial charge on any atom is 0.312 e. The van der Waals surface area contributed by atoms with Crippen molar-refractivity contribution in [3.05, 3.63) is 42.0 Å². The fourth-order valence-corrected chi connectivity index (χ4v) is 3.85. The van der Waals surface area contributed by atoms with Crippen LogP contribution in [0, 0.1) is 5.41 Å². The minimum atomic E-state index is -0.443. The fourth-order valence-electron chi connectivity index (χ4n) is 3.85. The molecule has 1 fully saturated rings. The molecule has 13 nitrogen and oxygen atoms in total. The summed E-state index contributed by atoms with van der Waals surface area (Å²) in [6, 6.07) is 6.35. The number of carbonyl (C=O) groups is 6. The number of carbonyl (C=O) groups excluding carboxylic acids is 6. The number of amides is 7. The van der Waals surface area contributed by atoms with Crippen molar-refractivity contribution in [2.75, 3.05) is 31.5 Å². The van der Waals surface area contributed by atoms with Crippen molar-refractivity contribution >= 4 is 41.8 Å². The van der Waals surface area contributed by atoms with Crippen LogP contribution < -0.4 is 27.0 Å². The van der Waals surface area contributed by atoms with Gasteiger partial charge in [0.05, 0.1) is 13.2 Å². The van der Waals surface area contributed by atoms with Gasteiger partial charge in [-0.1, -0.05) is 60.1 Å². The van der Waals surface area contributed by atoms with Gasteiger partial charge in [-0.15, -0.1) is 0 Å². The molecule has 1 aliphatic heterocycles. The Morgan fingerprint density at radius 3 is 1.96 bits per heavy atom. The van der Waals surface area contributed by atoms with Crippen molar-refractivity contribution in [1.82, 2.24) is 20.9 Å². The summed E-state index contributed by atoms with van der Waals surface area (Å²) in [5, 5.41) is 19.0. The molecule has 1 saturated carbocycles. The number of nitrogens with zero attached hydrogens (tertiary/aromatic N) is 1. The second-order valence-corrected chi connectivity index (χ2v) is 10.1. The summed E-state index contributed by atoms with van der Waals surface area (Å²) in [6.45, 7) is 13.7. The minimum absolute atomic E-state index is 0.0269. The first-order valence-corrected chi connectivity index (χ1v) is 16.1. The first-order valence-electron chi connectivity index (χ1n) is 16.1. The summed E-state index contributed by atoms with van der Waals surface area (Å²) in [6.07, 6.45) is 9.71. The van der Waals surface area contributed by atoms with Gasteiger partial charge < -0.3 is 32.1 Å². The van der Waals surface area contributed by atoms with Gasteiger partial charge in [0.25, 0.3) is 11.8 Å². The highest BCUT2D eigenvalue weighted by atomic mass is 16.3. The molecule has 0 saturated heterocycles. The summed E-state index contributed by atoms with van der Waals surface area (Å²) >= 11 is 0. The van der Waals surface area contributed by atoms with E-state index in [4.69, 9.17) is 10.8 Å². The van der Waals surface area contributed by atoms with Crippen molar-refractivity contribution in [1.29, 1.82) is 0 Å². The van der Waals surface area contributed by atoms with E-state index in [1.165, 1.54) is 17.1 Å². The van der Waals surface area contributed by atoms with Crippen LogP contribution in [0.25, 0.3) is 0 Å². The van der Waals surface area contributed by atoms with E-state index in [9.17, 15) is 28.8 Å². The number of nitrogens with one attached hydrogen (secondary N) is 4. The van der Waals surface area contributed by atoms with Crippen LogP contribution in [0.1, 0.15) is 92.1 Å². The Balaban J connectivity index is 0. The molecule has 0 bridgehead atoms. The molecule has 1 heterocycles. The molecule has 1 aliphatic carbocycles. The Kier molecular flexibility index (Phi) is 25.8. The first-order chi connectivity index (χ1) is 22.1. The molecule has 0 radical (unpaired) electrons. The molecule has 2 aliphatic rings. The number of aliphatic hydroxyl groups is 1. The minimum Gasteiger partial charge on any atom is -0.392 e. The van der Waals surface area contributed by atoms with Crippen LogP contribution in [0.4, 0.5) is 10.5 Å². The van der Waals surface area contributed by atoms with Gasteiger partial charge in [0.2, 0.25) is 18.2 Å². The third-order valence-corrected chi connectivity index (χ3v) is 6.57. The smallest absolute Gasteiger partial charge is 0.312 e. The molecular weight excluding hydrogens is 592 g/mol. The molecule has 7 N–H and O–H groups in total. The van der Waals surface area contributed by atoms with Crippen molar-refractivity contribution in [2.24, 2.45) is 11.1 Å². The maximum atomic E-state index is 11.9. The molecule has 0 spiro atoms. The lowest BCUT2D eigenvalue weighted by Gasteiger charge is -2.36. The highest BCUT2D eigenvalue weighted by molar-refractivity contribution is 6.12. The second kappa shape index (κ2) is 27.1. The number of unbranched alkanes of at least 4 members (excludes halogenated alkanes) is 2. The highest BCUT2D eigenvalue weighted by Crippen LogP contribution is 2.40. The van der Waals surface area contributed by atoms with Gasteiger partial charge in [0.1, 0.15) is 0 Å². The summed E-state index contributed by atoms with van der Waals surface area (Å²) in [5.74, 6) is -0.570. The monoisotopic (exact) mass is 648 g/mol. The third kappa shape index (κ3) is 19.2. The van der Waals surface area contributed by atoms with Gasteiger partial charge >= 0.3 is 6.03 Å². The Morgan fingerprint density at radius 2 is 1.52 bits per heavy atom. The maximum absolute atomic E-state index is 11.9. The highest BCUT2D eigenvalue weighted by Gasteiger charge is 2.38. The Bertz CT molecular complexity index is 1050. The van der Waals surface area contributed by atoms with Crippen LogP contribution in [0.3, 0.4) is 0 Å². The number of benzene rings is 1. The Hall–Kier alpha value is -4.26. The zero-order valence-electron chi connectivity index (χ0n) is 28.4. The molecule has 1 aromatic rings. The van der Waals surface area contributed by atoms with Crippen LogP contribution >= 0.6 is 0 Å². The number of hydrogen-bond donors (Lipinski definition) is 6. The average molecular weight is 649 g/mol. The van der Waals surface area contributed by atoms with Gasteiger partial charge in [-0.2, -0.15) is 0 Å². The van der Waals surface area contributed by atoms with E-state index in [1.54, 1.807) is 24.3 Å². The molecule has 0 atom stereocenters. The molecule has 3 rings (SSSR count).